The molecule has 0 heterocycles. The Balaban J connectivity index is 0.718. The maximum atomic E-state index is 14.1. The molecular formula is C60H77N3O9. The standard InChI is InChI=1S/C60H77N3O9/c1-69-53-26-37(5-9-51(53)71-55(67)12-15-62-59-31-42-20-43(32-59)22-44(21-42)33-59)3-7-48(64)57(50(66)11-14-61-58-28-39-17-40(29-58)19-41(18-39)30-58)49(65)8-4-38-6-10-52(54(27-38)70-2)72-56(68)13-16-63-60-34-45-23-46(35-60)25-47(24-45)36-60/h3-10,26-27,39-47,57,61-63H,11-25,28-36H2,1-2H3/b7-3+,8-4+. The lowest BCUT2D eigenvalue weighted by molar-refractivity contribution is -0.137. The molecule has 0 unspecified atom stereocenters. The number of nitrogens with one attached hydrogen (secondary N) is 3. The molecule has 12 heteroatoms. The second-order valence-electron chi connectivity index (χ2n) is 24.8. The Morgan fingerprint density at radius 3 is 1.08 bits per heavy atom. The summed E-state index contributed by atoms with van der Waals surface area (Å²) in [7, 11) is 2.99. The first-order chi connectivity index (χ1) is 34.8. The number of carbonyl (C=O) groups excluding carboxylic acids is 5. The summed E-state index contributed by atoms with van der Waals surface area (Å²) in [5.41, 5.74) is 1.52. The van der Waals surface area contributed by atoms with Crippen LogP contribution in [0.1, 0.15) is 146 Å². The van der Waals surface area contributed by atoms with Gasteiger partial charge in [-0.05, 0) is 216 Å². The third-order valence-corrected chi connectivity index (χ3v) is 19.2. The molecule has 0 aromatic heterocycles. The molecule has 3 N–H and O–H groups in total. The molecule has 0 amide bonds. The fraction of sp³-hybridized carbons (Fsp3) is 0.650. The molecule has 12 saturated carbocycles. The third kappa shape index (κ3) is 10.9. The molecule has 0 aliphatic heterocycles. The van der Waals surface area contributed by atoms with Gasteiger partial charge in [0.05, 0.1) is 27.1 Å². The topological polar surface area (TPSA) is 158 Å². The van der Waals surface area contributed by atoms with Gasteiger partial charge in [-0.15, -0.1) is 0 Å². The number of benzene rings is 2. The van der Waals surface area contributed by atoms with Crippen LogP contribution in [0.2, 0.25) is 0 Å². The van der Waals surface area contributed by atoms with E-state index < -0.39 is 23.3 Å². The van der Waals surface area contributed by atoms with Crippen LogP contribution in [-0.2, 0) is 24.0 Å². The van der Waals surface area contributed by atoms with Gasteiger partial charge >= 0.3 is 11.9 Å². The number of carbonyl (C=O) groups is 5. The van der Waals surface area contributed by atoms with E-state index in [0.717, 1.165) is 72.5 Å². The summed E-state index contributed by atoms with van der Waals surface area (Å²) >= 11 is 0. The summed E-state index contributed by atoms with van der Waals surface area (Å²) in [5.74, 6) is 4.41. The summed E-state index contributed by atoms with van der Waals surface area (Å²) in [4.78, 5) is 68.4. The second kappa shape index (κ2) is 20.6. The number of esters is 2. The van der Waals surface area contributed by atoms with Gasteiger partial charge in [0.1, 0.15) is 5.92 Å². The first-order valence-electron chi connectivity index (χ1n) is 27.8. The normalized spacial score (nSPS) is 34.7. The zero-order valence-electron chi connectivity index (χ0n) is 42.7. The van der Waals surface area contributed by atoms with E-state index in [4.69, 9.17) is 18.9 Å². The summed E-state index contributed by atoms with van der Waals surface area (Å²) in [6.07, 6.45) is 28.9. The van der Waals surface area contributed by atoms with Crippen molar-refractivity contribution in [2.24, 2.45) is 59.2 Å². The minimum atomic E-state index is -1.54. The molecule has 14 rings (SSSR count). The molecule has 12 bridgehead atoms. The van der Waals surface area contributed by atoms with E-state index in [0.29, 0.717) is 42.3 Å². The average Bonchev–Trinajstić information content (AvgIpc) is 3.32. The summed E-state index contributed by atoms with van der Waals surface area (Å²) < 4.78 is 22.8. The van der Waals surface area contributed by atoms with Gasteiger partial charge in [0.2, 0.25) is 0 Å². The van der Waals surface area contributed by atoms with Crippen LogP contribution in [0.4, 0.5) is 0 Å². The molecule has 2 aromatic rings. The molecule has 0 spiro atoms. The van der Waals surface area contributed by atoms with Crippen LogP contribution in [0.3, 0.4) is 0 Å². The molecule has 0 saturated heterocycles. The summed E-state index contributed by atoms with van der Waals surface area (Å²) in [5, 5.41) is 11.3. The van der Waals surface area contributed by atoms with Gasteiger partial charge in [-0.2, -0.15) is 0 Å². The van der Waals surface area contributed by atoms with Crippen LogP contribution in [0.25, 0.3) is 12.2 Å². The van der Waals surface area contributed by atoms with Crippen molar-refractivity contribution < 1.29 is 42.9 Å². The van der Waals surface area contributed by atoms with Gasteiger partial charge in [0, 0.05) is 42.7 Å². The lowest BCUT2D eigenvalue weighted by atomic mass is 9.53. The number of ketones is 3. The largest absolute Gasteiger partial charge is 0.493 e. The first-order valence-corrected chi connectivity index (χ1v) is 27.8. The average molecular weight is 984 g/mol. The number of hydrogen-bond donors (Lipinski definition) is 3. The molecule has 2 aromatic carbocycles. The van der Waals surface area contributed by atoms with E-state index in [2.05, 4.69) is 16.0 Å². The lowest BCUT2D eigenvalue weighted by Crippen LogP contribution is -2.58. The molecule has 386 valence electrons. The van der Waals surface area contributed by atoms with E-state index in [1.807, 2.05) is 0 Å². The Morgan fingerprint density at radius 2 is 0.778 bits per heavy atom. The van der Waals surface area contributed by atoms with Crippen molar-refractivity contribution in [1.29, 1.82) is 0 Å². The highest BCUT2D eigenvalue weighted by atomic mass is 16.6. The molecule has 0 radical (unpaired) electrons. The van der Waals surface area contributed by atoms with Crippen molar-refractivity contribution in [3.05, 3.63) is 59.7 Å². The van der Waals surface area contributed by atoms with E-state index in [9.17, 15) is 24.0 Å². The predicted molar refractivity (Wildman–Crippen MR) is 274 cm³/mol. The Labute approximate surface area is 425 Å². The Bertz CT molecular complexity index is 2230. The maximum Gasteiger partial charge on any atom is 0.312 e. The molecule has 12 aliphatic carbocycles. The minimum absolute atomic E-state index is 0.0351. The van der Waals surface area contributed by atoms with E-state index in [1.54, 1.807) is 48.6 Å². The highest BCUT2D eigenvalue weighted by molar-refractivity contribution is 6.26. The number of allylic oxidation sites excluding steroid dienone is 2. The van der Waals surface area contributed by atoms with Gasteiger partial charge in [0.25, 0.3) is 0 Å². The van der Waals surface area contributed by atoms with Crippen molar-refractivity contribution in [3.8, 4) is 23.0 Å². The van der Waals surface area contributed by atoms with Crippen molar-refractivity contribution in [1.82, 2.24) is 16.0 Å². The fourth-order valence-electron chi connectivity index (χ4n) is 17.5. The van der Waals surface area contributed by atoms with Crippen LogP contribution in [0.15, 0.2) is 48.6 Å². The van der Waals surface area contributed by atoms with Crippen molar-refractivity contribution in [2.75, 3.05) is 33.9 Å². The number of ether oxygens (including phenoxy) is 4. The minimum Gasteiger partial charge on any atom is -0.493 e. The monoisotopic (exact) mass is 984 g/mol. The smallest absolute Gasteiger partial charge is 0.312 e. The molecule has 12 nitrogen and oxygen atoms in total. The van der Waals surface area contributed by atoms with E-state index >= 15 is 0 Å². The van der Waals surface area contributed by atoms with Gasteiger partial charge in [-0.3, -0.25) is 24.0 Å². The molecule has 12 aliphatic rings. The van der Waals surface area contributed by atoms with E-state index in [1.165, 1.54) is 123 Å². The van der Waals surface area contributed by atoms with E-state index in [-0.39, 0.29) is 59.3 Å². The van der Waals surface area contributed by atoms with Gasteiger partial charge < -0.3 is 34.9 Å². The highest BCUT2D eigenvalue weighted by Crippen LogP contribution is 2.58. The second-order valence-corrected chi connectivity index (χ2v) is 24.8. The van der Waals surface area contributed by atoms with Crippen LogP contribution in [-0.4, -0.2) is 79.8 Å². The van der Waals surface area contributed by atoms with Crippen LogP contribution < -0.4 is 34.9 Å². The zero-order chi connectivity index (χ0) is 49.6. The maximum absolute atomic E-state index is 14.1. The molecular weight excluding hydrogens is 907 g/mol. The van der Waals surface area contributed by atoms with Gasteiger partial charge in [-0.25, -0.2) is 0 Å². The predicted octanol–water partition coefficient (Wildman–Crippen LogP) is 9.41. The fourth-order valence-corrected chi connectivity index (χ4v) is 17.5. The zero-order valence-corrected chi connectivity index (χ0v) is 42.7. The molecule has 72 heavy (non-hydrogen) atoms. The molecule has 12 fully saturated rings. The third-order valence-electron chi connectivity index (χ3n) is 19.2. The summed E-state index contributed by atoms with van der Waals surface area (Å²) in [6.45, 7) is 1.54. The van der Waals surface area contributed by atoms with Crippen LogP contribution >= 0.6 is 0 Å². The quantitative estimate of drug-likeness (QED) is 0.0420. The highest BCUT2D eigenvalue weighted by Gasteiger charge is 2.53. The Kier molecular flexibility index (Phi) is 14.2. The van der Waals surface area contributed by atoms with Gasteiger partial charge in [0.15, 0.2) is 40.3 Å². The SMILES string of the molecule is COc1cc(/C=C/C(=O)C(C(=O)/C=C/c2ccc(OC(=O)CCNC34CC5CC(CC(C5)C3)C4)c(OC)c2)C(=O)CCNC23CC4CC(CC(C4)C2)C3)ccc1OC(=O)CCNC12CC3CC(CC(C3)C1)C2. The van der Waals surface area contributed by atoms with Crippen LogP contribution in [0, 0.1) is 59.2 Å². The van der Waals surface area contributed by atoms with Crippen molar-refractivity contribution in [2.45, 2.75) is 151 Å². The number of Topliss-reactive ketones (excluding diaryl/α,β-unsaturated/α-hetero) is 1. The Hall–Kier alpha value is -4.65. The Morgan fingerprint density at radius 1 is 0.472 bits per heavy atom. The first kappa shape index (κ1) is 49.6. The van der Waals surface area contributed by atoms with Gasteiger partial charge in [-0.1, -0.05) is 24.3 Å². The summed E-state index contributed by atoms with van der Waals surface area (Å²) in [6, 6.07) is 10.0. The van der Waals surface area contributed by atoms with Crippen LogP contribution in [0.5, 0.6) is 23.0 Å². The number of hydrogen-bond acceptors (Lipinski definition) is 12. The molecule has 0 atom stereocenters. The van der Waals surface area contributed by atoms with Crippen molar-refractivity contribution >= 4 is 41.4 Å². The lowest BCUT2D eigenvalue weighted by Gasteiger charge is -2.57. The van der Waals surface area contributed by atoms with Crippen molar-refractivity contribution in [3.63, 3.8) is 0 Å². The number of methoxy groups -OCH3 is 2. The number of rotatable bonds is 23.